The molecule has 1 amide bonds. The van der Waals surface area contributed by atoms with Gasteiger partial charge in [-0.05, 0) is 38.3 Å². The lowest BCUT2D eigenvalue weighted by molar-refractivity contribution is -0.116. The number of morpholine rings is 1. The molecular formula is C18H23ClN2O4S. The van der Waals surface area contributed by atoms with E-state index < -0.39 is 15.9 Å². The monoisotopic (exact) mass is 398 g/mol. The number of halogens is 1. The normalized spacial score (nSPS) is 21.6. The zero-order chi connectivity index (χ0) is 18.7. The van der Waals surface area contributed by atoms with Gasteiger partial charge in [0.2, 0.25) is 0 Å². The van der Waals surface area contributed by atoms with Gasteiger partial charge in [0.25, 0.3) is 15.9 Å². The first-order valence-corrected chi connectivity index (χ1v) is 10.6. The summed E-state index contributed by atoms with van der Waals surface area (Å²) in [7, 11) is -3.92. The summed E-state index contributed by atoms with van der Waals surface area (Å²) in [5.74, 6) is -0.586. The molecule has 1 unspecified atom stereocenters. The van der Waals surface area contributed by atoms with Crippen LogP contribution in [0.5, 0.6) is 0 Å². The van der Waals surface area contributed by atoms with E-state index in [-0.39, 0.29) is 10.3 Å². The van der Waals surface area contributed by atoms with Crippen LogP contribution in [-0.2, 0) is 19.6 Å². The van der Waals surface area contributed by atoms with Gasteiger partial charge in [-0.15, -0.1) is 11.6 Å². The molecule has 26 heavy (non-hydrogen) atoms. The minimum Gasteiger partial charge on any atom is -0.378 e. The average molecular weight is 399 g/mol. The standard InChI is InChI=1S/C18H23ClN2O4S/c1-13-5-7-14(8-6-13)26(23,24)20-18(22)15-3-2-4-16(19)17(15)21-9-11-25-12-10-21/h5-8,16H,2-4,9-12H2,1H3,(H,20,22). The van der Waals surface area contributed by atoms with Crippen LogP contribution >= 0.6 is 11.6 Å². The highest BCUT2D eigenvalue weighted by Gasteiger charge is 2.32. The van der Waals surface area contributed by atoms with Crippen molar-refractivity contribution in [2.75, 3.05) is 26.3 Å². The van der Waals surface area contributed by atoms with E-state index in [2.05, 4.69) is 4.72 Å². The number of hydrogen-bond acceptors (Lipinski definition) is 5. The highest BCUT2D eigenvalue weighted by atomic mass is 35.5. The van der Waals surface area contributed by atoms with E-state index in [0.29, 0.717) is 38.3 Å². The predicted molar refractivity (Wildman–Crippen MR) is 99.4 cm³/mol. The van der Waals surface area contributed by atoms with E-state index in [1.165, 1.54) is 12.1 Å². The molecule has 2 aliphatic rings. The van der Waals surface area contributed by atoms with Crippen molar-refractivity contribution < 1.29 is 17.9 Å². The largest absolute Gasteiger partial charge is 0.378 e. The van der Waals surface area contributed by atoms with E-state index in [1.807, 2.05) is 11.8 Å². The topological polar surface area (TPSA) is 75.7 Å². The smallest absolute Gasteiger partial charge is 0.264 e. The Labute approximate surface area is 159 Å². The Morgan fingerprint density at radius 3 is 2.54 bits per heavy atom. The second-order valence-electron chi connectivity index (χ2n) is 6.57. The molecule has 8 heteroatoms. The third-order valence-corrected chi connectivity index (χ3v) is 6.45. The van der Waals surface area contributed by atoms with E-state index in [1.54, 1.807) is 12.1 Å². The van der Waals surface area contributed by atoms with Crippen LogP contribution in [0, 0.1) is 6.92 Å². The number of carbonyl (C=O) groups is 1. The maximum atomic E-state index is 12.8. The number of nitrogens with zero attached hydrogens (tertiary/aromatic N) is 1. The lowest BCUT2D eigenvalue weighted by Crippen LogP contribution is -2.42. The quantitative estimate of drug-likeness (QED) is 0.787. The minimum absolute atomic E-state index is 0.0724. The number of rotatable bonds is 4. The first kappa shape index (κ1) is 19.2. The van der Waals surface area contributed by atoms with E-state index >= 15 is 0 Å². The lowest BCUT2D eigenvalue weighted by atomic mass is 9.94. The number of aryl methyl sites for hydroxylation is 1. The molecule has 0 radical (unpaired) electrons. The summed E-state index contributed by atoms with van der Waals surface area (Å²) in [6.07, 6.45) is 2.05. The lowest BCUT2D eigenvalue weighted by Gasteiger charge is -2.36. The van der Waals surface area contributed by atoms with Crippen molar-refractivity contribution >= 4 is 27.5 Å². The summed E-state index contributed by atoms with van der Waals surface area (Å²) in [5, 5.41) is -0.287. The number of allylic oxidation sites excluding steroid dienone is 1. The maximum Gasteiger partial charge on any atom is 0.264 e. The summed E-state index contributed by atoms with van der Waals surface area (Å²) in [4.78, 5) is 14.9. The maximum absolute atomic E-state index is 12.8. The van der Waals surface area contributed by atoms with Crippen LogP contribution in [0.3, 0.4) is 0 Å². The third-order valence-electron chi connectivity index (χ3n) is 4.67. The van der Waals surface area contributed by atoms with Gasteiger partial charge in [0.1, 0.15) is 0 Å². The molecule has 0 aromatic heterocycles. The Kier molecular flexibility index (Phi) is 5.89. The van der Waals surface area contributed by atoms with Gasteiger partial charge in [0.05, 0.1) is 23.5 Å². The molecule has 0 spiro atoms. The second-order valence-corrected chi connectivity index (χ2v) is 8.78. The number of sulfonamides is 1. The van der Waals surface area contributed by atoms with Gasteiger partial charge in [-0.25, -0.2) is 13.1 Å². The van der Waals surface area contributed by atoms with Crippen LogP contribution in [0.15, 0.2) is 40.4 Å². The van der Waals surface area contributed by atoms with E-state index in [0.717, 1.165) is 24.1 Å². The third kappa shape index (κ3) is 4.22. The number of benzene rings is 1. The molecule has 1 N–H and O–H groups in total. The molecule has 6 nitrogen and oxygen atoms in total. The molecule has 0 bridgehead atoms. The first-order chi connectivity index (χ1) is 12.4. The van der Waals surface area contributed by atoms with Crippen LogP contribution in [0.2, 0.25) is 0 Å². The summed E-state index contributed by atoms with van der Waals surface area (Å²) >= 11 is 6.49. The molecule has 1 aliphatic heterocycles. The number of carbonyl (C=O) groups excluding carboxylic acids is 1. The molecule has 1 aliphatic carbocycles. The van der Waals surface area contributed by atoms with Gasteiger partial charge in [0, 0.05) is 24.4 Å². The number of hydrogen-bond donors (Lipinski definition) is 1. The van der Waals surface area contributed by atoms with E-state index in [4.69, 9.17) is 16.3 Å². The first-order valence-electron chi connectivity index (χ1n) is 8.72. The van der Waals surface area contributed by atoms with Crippen LogP contribution < -0.4 is 4.72 Å². The van der Waals surface area contributed by atoms with Crippen molar-refractivity contribution in [3.8, 4) is 0 Å². The summed E-state index contributed by atoms with van der Waals surface area (Å²) in [5.41, 5.74) is 2.16. The molecule has 1 atom stereocenters. The zero-order valence-corrected chi connectivity index (χ0v) is 16.3. The minimum atomic E-state index is -3.92. The van der Waals surface area contributed by atoms with Crippen molar-refractivity contribution in [2.24, 2.45) is 0 Å². The summed E-state index contributed by atoms with van der Waals surface area (Å²) in [6.45, 7) is 4.32. The van der Waals surface area contributed by atoms with E-state index in [9.17, 15) is 13.2 Å². The van der Waals surface area contributed by atoms with Gasteiger partial charge in [-0.3, -0.25) is 4.79 Å². The number of amides is 1. The van der Waals surface area contributed by atoms with Gasteiger partial charge < -0.3 is 9.64 Å². The van der Waals surface area contributed by atoms with Crippen molar-refractivity contribution in [3.05, 3.63) is 41.1 Å². The number of alkyl halides is 1. The molecule has 1 heterocycles. The van der Waals surface area contributed by atoms with Gasteiger partial charge in [-0.2, -0.15) is 0 Å². The van der Waals surface area contributed by atoms with Crippen LogP contribution in [0.25, 0.3) is 0 Å². The SMILES string of the molecule is Cc1ccc(S(=O)(=O)NC(=O)C2=C(N3CCOCC3)C(Cl)CCC2)cc1. The highest BCUT2D eigenvalue weighted by molar-refractivity contribution is 7.90. The van der Waals surface area contributed by atoms with Gasteiger partial charge in [0.15, 0.2) is 0 Å². The molecular weight excluding hydrogens is 376 g/mol. The molecule has 1 aromatic rings. The Morgan fingerprint density at radius 2 is 1.88 bits per heavy atom. The predicted octanol–water partition coefficient (Wildman–Crippen LogP) is 2.18. The molecule has 1 saturated heterocycles. The fourth-order valence-corrected chi connectivity index (χ4v) is 4.70. The van der Waals surface area contributed by atoms with Crippen molar-refractivity contribution in [1.82, 2.24) is 9.62 Å². The highest BCUT2D eigenvalue weighted by Crippen LogP contribution is 2.32. The molecule has 0 saturated carbocycles. The Morgan fingerprint density at radius 1 is 1.23 bits per heavy atom. The average Bonchev–Trinajstić information content (AvgIpc) is 2.62. The van der Waals surface area contributed by atoms with Crippen molar-refractivity contribution in [2.45, 2.75) is 36.5 Å². The van der Waals surface area contributed by atoms with Crippen molar-refractivity contribution in [3.63, 3.8) is 0 Å². The fraction of sp³-hybridized carbons (Fsp3) is 0.500. The summed E-state index contributed by atoms with van der Waals surface area (Å²) < 4.78 is 32.7. The fourth-order valence-electron chi connectivity index (χ4n) is 3.29. The number of nitrogens with one attached hydrogen (secondary N) is 1. The van der Waals surface area contributed by atoms with Crippen LogP contribution in [0.4, 0.5) is 0 Å². The van der Waals surface area contributed by atoms with Crippen LogP contribution in [0.1, 0.15) is 24.8 Å². The Balaban J connectivity index is 1.87. The zero-order valence-electron chi connectivity index (χ0n) is 14.7. The molecule has 3 rings (SSSR count). The van der Waals surface area contributed by atoms with Crippen LogP contribution in [-0.4, -0.2) is 50.9 Å². The van der Waals surface area contributed by atoms with Crippen molar-refractivity contribution in [1.29, 1.82) is 0 Å². The van der Waals surface area contributed by atoms with Gasteiger partial charge >= 0.3 is 0 Å². The Bertz CT molecular complexity index is 799. The summed E-state index contributed by atoms with van der Waals surface area (Å²) in [6, 6.07) is 6.39. The molecule has 1 fully saturated rings. The molecule has 142 valence electrons. The number of ether oxygens (including phenoxy) is 1. The Hall–Kier alpha value is -1.57. The second kappa shape index (κ2) is 7.98. The molecule has 1 aromatic carbocycles. The van der Waals surface area contributed by atoms with Gasteiger partial charge in [-0.1, -0.05) is 17.7 Å².